The van der Waals surface area contributed by atoms with E-state index in [2.05, 4.69) is 9.98 Å². The molecule has 0 saturated heterocycles. The van der Waals surface area contributed by atoms with Crippen LogP contribution in [0.25, 0.3) is 0 Å². The summed E-state index contributed by atoms with van der Waals surface area (Å²) in [5.41, 5.74) is -1.30. The number of phenolic OH excluding ortho intramolecular Hbond substituents is 2. The lowest BCUT2D eigenvalue weighted by Crippen LogP contribution is -2.20. The molecule has 1 saturated carbocycles. The smallest absolute Gasteiger partial charge is 0.416 e. The van der Waals surface area contributed by atoms with Crippen molar-refractivity contribution in [3.05, 3.63) is 57.6 Å². The molecule has 2 aromatic carbocycles. The summed E-state index contributed by atoms with van der Waals surface area (Å²) >= 11 is 0. The summed E-state index contributed by atoms with van der Waals surface area (Å²) in [6.45, 7) is 3.31. The van der Waals surface area contributed by atoms with Crippen LogP contribution in [0.15, 0.2) is 34.3 Å². The minimum atomic E-state index is -4.54. The third kappa shape index (κ3) is 6.59. The molecular formula is C26H28F6N2O2. The molecule has 1 fully saturated rings. The average molecular weight is 515 g/mol. The maximum Gasteiger partial charge on any atom is 0.416 e. The second kappa shape index (κ2) is 10.9. The summed E-state index contributed by atoms with van der Waals surface area (Å²) in [4.78, 5) is 8.74. The third-order valence-electron chi connectivity index (χ3n) is 6.37. The van der Waals surface area contributed by atoms with E-state index in [0.717, 1.165) is 24.3 Å². The number of aliphatic imine (C=N–C) groups is 2. The highest BCUT2D eigenvalue weighted by atomic mass is 19.4. The molecule has 2 N–H and O–H groups in total. The second-order valence-corrected chi connectivity index (χ2v) is 8.87. The molecule has 1 aliphatic carbocycles. The first-order valence-corrected chi connectivity index (χ1v) is 11.8. The van der Waals surface area contributed by atoms with Gasteiger partial charge in [-0.05, 0) is 73.9 Å². The van der Waals surface area contributed by atoms with Crippen LogP contribution in [0, 0.1) is 0 Å². The number of halogens is 6. The zero-order chi connectivity index (χ0) is 26.7. The molecule has 0 radical (unpaired) electrons. The molecule has 0 amide bonds. The van der Waals surface area contributed by atoms with E-state index >= 15 is 0 Å². The molecule has 196 valence electrons. The standard InChI is InChI=1S/C26H28F6N2O2/c1-3-15-9-19(25(27,28)29)11-17(23(15)35)13-33-21-5-7-22(8-6-21)34-14-18-12-20(26(30,31)32)10-16(4-2)24(18)36/h9-14,21-22,35-36H,3-8H2,1-2H3. The first-order valence-electron chi connectivity index (χ1n) is 11.8. The second-order valence-electron chi connectivity index (χ2n) is 8.87. The van der Waals surface area contributed by atoms with Gasteiger partial charge in [0, 0.05) is 23.6 Å². The van der Waals surface area contributed by atoms with E-state index in [-0.39, 0.29) is 58.7 Å². The van der Waals surface area contributed by atoms with E-state index in [4.69, 9.17) is 0 Å². The van der Waals surface area contributed by atoms with E-state index in [0.29, 0.717) is 25.7 Å². The van der Waals surface area contributed by atoms with Gasteiger partial charge in [0.25, 0.3) is 0 Å². The molecular weight excluding hydrogens is 486 g/mol. The normalized spacial score (nSPS) is 19.4. The summed E-state index contributed by atoms with van der Waals surface area (Å²) in [6.07, 6.45) is -3.76. The van der Waals surface area contributed by atoms with Crippen molar-refractivity contribution in [2.75, 3.05) is 0 Å². The predicted molar refractivity (Wildman–Crippen MR) is 126 cm³/mol. The quantitative estimate of drug-likeness (QED) is 0.319. The Morgan fingerprint density at radius 1 is 0.694 bits per heavy atom. The van der Waals surface area contributed by atoms with Gasteiger partial charge in [-0.25, -0.2) is 0 Å². The van der Waals surface area contributed by atoms with Crippen LogP contribution >= 0.6 is 0 Å². The van der Waals surface area contributed by atoms with Crippen molar-refractivity contribution in [3.63, 3.8) is 0 Å². The Balaban J connectivity index is 1.69. The van der Waals surface area contributed by atoms with Gasteiger partial charge in [-0.3, -0.25) is 9.98 Å². The van der Waals surface area contributed by atoms with Crippen molar-refractivity contribution >= 4 is 12.4 Å². The maximum atomic E-state index is 13.2. The van der Waals surface area contributed by atoms with Crippen LogP contribution in [0.2, 0.25) is 0 Å². The van der Waals surface area contributed by atoms with Gasteiger partial charge < -0.3 is 10.2 Å². The fourth-order valence-corrected chi connectivity index (χ4v) is 4.23. The van der Waals surface area contributed by atoms with Crippen molar-refractivity contribution in [1.82, 2.24) is 0 Å². The van der Waals surface area contributed by atoms with Crippen molar-refractivity contribution in [1.29, 1.82) is 0 Å². The van der Waals surface area contributed by atoms with E-state index in [1.165, 1.54) is 12.4 Å². The molecule has 0 atom stereocenters. The Bertz CT molecular complexity index is 1040. The topological polar surface area (TPSA) is 65.2 Å². The summed E-state index contributed by atoms with van der Waals surface area (Å²) in [6, 6.07) is 3.26. The monoisotopic (exact) mass is 514 g/mol. The van der Waals surface area contributed by atoms with Gasteiger partial charge in [0.05, 0.1) is 23.2 Å². The van der Waals surface area contributed by atoms with Crippen LogP contribution in [0.1, 0.15) is 72.9 Å². The largest absolute Gasteiger partial charge is 0.507 e. The minimum absolute atomic E-state index is 0.00793. The lowest BCUT2D eigenvalue weighted by molar-refractivity contribution is -0.138. The highest BCUT2D eigenvalue weighted by Crippen LogP contribution is 2.36. The third-order valence-corrected chi connectivity index (χ3v) is 6.37. The van der Waals surface area contributed by atoms with Gasteiger partial charge in [0.2, 0.25) is 0 Å². The van der Waals surface area contributed by atoms with Crippen molar-refractivity contribution in [2.45, 2.75) is 76.8 Å². The molecule has 0 bridgehead atoms. The molecule has 0 unspecified atom stereocenters. The van der Waals surface area contributed by atoms with E-state index in [1.807, 2.05) is 0 Å². The highest BCUT2D eigenvalue weighted by Gasteiger charge is 2.33. The number of alkyl halides is 6. The van der Waals surface area contributed by atoms with E-state index in [9.17, 15) is 36.6 Å². The van der Waals surface area contributed by atoms with Crippen molar-refractivity contribution < 1.29 is 36.6 Å². The van der Waals surface area contributed by atoms with Crippen LogP contribution < -0.4 is 0 Å². The Labute approximate surface area is 205 Å². The fraction of sp³-hybridized carbons (Fsp3) is 0.462. The first-order chi connectivity index (χ1) is 16.8. The van der Waals surface area contributed by atoms with Gasteiger partial charge in [0.15, 0.2) is 0 Å². The average Bonchev–Trinajstić information content (AvgIpc) is 2.82. The molecule has 1 aliphatic rings. The molecule has 0 spiro atoms. The number of hydrogen-bond acceptors (Lipinski definition) is 4. The van der Waals surface area contributed by atoms with E-state index in [1.54, 1.807) is 13.8 Å². The Hall–Kier alpha value is -3.04. The SMILES string of the molecule is CCc1cc(C(F)(F)F)cc(C=NC2CCC(N=Cc3cc(C(F)(F)F)cc(CC)c3O)CC2)c1O. The van der Waals surface area contributed by atoms with Gasteiger partial charge in [-0.15, -0.1) is 0 Å². The zero-order valence-corrected chi connectivity index (χ0v) is 19.9. The van der Waals surface area contributed by atoms with Crippen molar-refractivity contribution in [3.8, 4) is 11.5 Å². The maximum absolute atomic E-state index is 13.2. The molecule has 0 aromatic heterocycles. The van der Waals surface area contributed by atoms with Gasteiger partial charge in [-0.2, -0.15) is 26.3 Å². The predicted octanol–water partition coefficient (Wildman–Crippen LogP) is 7.11. The number of nitrogens with zero attached hydrogens (tertiary/aromatic N) is 2. The van der Waals surface area contributed by atoms with Crippen LogP contribution in [0.4, 0.5) is 26.3 Å². The van der Waals surface area contributed by atoms with Crippen LogP contribution in [-0.2, 0) is 25.2 Å². The van der Waals surface area contributed by atoms with Crippen LogP contribution in [0.3, 0.4) is 0 Å². The number of benzene rings is 2. The van der Waals surface area contributed by atoms with Gasteiger partial charge >= 0.3 is 12.4 Å². The molecule has 10 heteroatoms. The van der Waals surface area contributed by atoms with Crippen LogP contribution in [0.5, 0.6) is 11.5 Å². The lowest BCUT2D eigenvalue weighted by atomic mass is 9.92. The van der Waals surface area contributed by atoms with Crippen molar-refractivity contribution in [2.24, 2.45) is 9.98 Å². The Morgan fingerprint density at radius 3 is 1.31 bits per heavy atom. The zero-order valence-electron chi connectivity index (χ0n) is 19.9. The lowest BCUT2D eigenvalue weighted by Gasteiger charge is -2.23. The molecule has 36 heavy (non-hydrogen) atoms. The number of aromatic hydroxyl groups is 2. The fourth-order valence-electron chi connectivity index (χ4n) is 4.23. The highest BCUT2D eigenvalue weighted by molar-refractivity contribution is 5.85. The molecule has 0 heterocycles. The molecule has 0 aliphatic heterocycles. The minimum Gasteiger partial charge on any atom is -0.507 e. The summed E-state index contributed by atoms with van der Waals surface area (Å²) in [5, 5.41) is 20.6. The number of rotatable bonds is 6. The molecule has 2 aromatic rings. The van der Waals surface area contributed by atoms with Gasteiger partial charge in [-0.1, -0.05) is 13.8 Å². The Kier molecular flexibility index (Phi) is 8.36. The number of phenols is 2. The van der Waals surface area contributed by atoms with Gasteiger partial charge in [0.1, 0.15) is 11.5 Å². The first kappa shape index (κ1) is 27.5. The molecule has 3 rings (SSSR count). The van der Waals surface area contributed by atoms with E-state index < -0.39 is 23.5 Å². The Morgan fingerprint density at radius 2 is 1.03 bits per heavy atom. The summed E-state index contributed by atoms with van der Waals surface area (Å²) in [7, 11) is 0. The molecule has 4 nitrogen and oxygen atoms in total. The summed E-state index contributed by atoms with van der Waals surface area (Å²) < 4.78 is 79.1. The number of aryl methyl sites for hydroxylation is 2. The van der Waals surface area contributed by atoms with Crippen LogP contribution in [-0.4, -0.2) is 34.7 Å². The number of hydrogen-bond donors (Lipinski definition) is 2. The summed E-state index contributed by atoms with van der Waals surface area (Å²) in [5.74, 6) is -0.445.